The van der Waals surface area contributed by atoms with Gasteiger partial charge in [0.05, 0.1) is 19.3 Å². The molecular formula is C8H18N2O3. The number of ether oxygens (including phenoxy) is 1. The van der Waals surface area contributed by atoms with E-state index in [9.17, 15) is 9.90 Å². The topological polar surface area (TPSA) is 70.6 Å². The maximum absolute atomic E-state index is 10.7. The number of hydrogen-bond donors (Lipinski definition) is 3. The zero-order valence-electron chi connectivity index (χ0n) is 8.17. The molecule has 0 saturated heterocycles. The summed E-state index contributed by atoms with van der Waals surface area (Å²) in [7, 11) is 3.13. The van der Waals surface area contributed by atoms with Gasteiger partial charge in [-0.25, -0.2) is 0 Å². The predicted octanol–water partition coefficient (Wildman–Crippen LogP) is -1.28. The molecule has 5 nitrogen and oxygen atoms in total. The van der Waals surface area contributed by atoms with Crippen LogP contribution in [0.5, 0.6) is 0 Å². The molecule has 0 aromatic heterocycles. The molecule has 78 valence electrons. The first kappa shape index (κ1) is 12.3. The van der Waals surface area contributed by atoms with E-state index in [2.05, 4.69) is 10.6 Å². The fraction of sp³-hybridized carbons (Fsp3) is 0.875. The number of nitrogens with one attached hydrogen (secondary N) is 2. The van der Waals surface area contributed by atoms with Crippen LogP contribution in [-0.4, -0.2) is 51.0 Å². The molecule has 5 heteroatoms. The second kappa shape index (κ2) is 7.97. The molecule has 0 aromatic carbocycles. The summed E-state index contributed by atoms with van der Waals surface area (Å²) < 4.78 is 4.75. The fourth-order valence-electron chi connectivity index (χ4n) is 0.835. The standard InChI is InChI=1S/C8H18N2O3/c1-9-8(12)5-10-4-3-7(11)6-13-2/h7,10-11H,3-6H2,1-2H3,(H,9,12). The van der Waals surface area contributed by atoms with E-state index in [0.29, 0.717) is 19.6 Å². The van der Waals surface area contributed by atoms with Gasteiger partial charge in [-0.15, -0.1) is 0 Å². The highest BCUT2D eigenvalue weighted by Crippen LogP contribution is 1.89. The smallest absolute Gasteiger partial charge is 0.233 e. The molecule has 0 rings (SSSR count). The number of likely N-dealkylation sites (N-methyl/N-ethyl adjacent to an activating group) is 1. The highest BCUT2D eigenvalue weighted by molar-refractivity contribution is 5.77. The molecule has 1 atom stereocenters. The number of amides is 1. The molecule has 0 spiro atoms. The largest absolute Gasteiger partial charge is 0.391 e. The van der Waals surface area contributed by atoms with Crippen molar-refractivity contribution in [1.82, 2.24) is 10.6 Å². The predicted molar refractivity (Wildman–Crippen MR) is 49.4 cm³/mol. The number of carbonyl (C=O) groups is 1. The summed E-state index contributed by atoms with van der Waals surface area (Å²) >= 11 is 0. The first-order chi connectivity index (χ1) is 6.20. The van der Waals surface area contributed by atoms with E-state index in [0.717, 1.165) is 0 Å². The Balaban J connectivity index is 3.20. The normalized spacial score (nSPS) is 12.5. The molecule has 0 bridgehead atoms. The number of rotatable bonds is 7. The van der Waals surface area contributed by atoms with Crippen LogP contribution in [0.4, 0.5) is 0 Å². The van der Waals surface area contributed by atoms with Crippen molar-refractivity contribution in [2.24, 2.45) is 0 Å². The van der Waals surface area contributed by atoms with Gasteiger partial charge in [0.15, 0.2) is 0 Å². The van der Waals surface area contributed by atoms with E-state index in [1.165, 1.54) is 0 Å². The van der Waals surface area contributed by atoms with Gasteiger partial charge in [-0.1, -0.05) is 0 Å². The summed E-state index contributed by atoms with van der Waals surface area (Å²) in [6.07, 6.45) is 0.132. The van der Waals surface area contributed by atoms with Crippen molar-refractivity contribution in [3.63, 3.8) is 0 Å². The number of hydrogen-bond acceptors (Lipinski definition) is 4. The summed E-state index contributed by atoms with van der Waals surface area (Å²) in [6.45, 7) is 1.23. The molecule has 0 aromatic rings. The number of aliphatic hydroxyl groups excluding tert-OH is 1. The van der Waals surface area contributed by atoms with E-state index < -0.39 is 6.10 Å². The van der Waals surface area contributed by atoms with Crippen molar-refractivity contribution in [2.75, 3.05) is 33.9 Å². The van der Waals surface area contributed by atoms with Crippen LogP contribution in [0, 0.1) is 0 Å². The Morgan fingerprint density at radius 2 is 2.31 bits per heavy atom. The molecule has 13 heavy (non-hydrogen) atoms. The molecule has 0 aliphatic heterocycles. The van der Waals surface area contributed by atoms with Gasteiger partial charge >= 0.3 is 0 Å². The van der Waals surface area contributed by atoms with Gasteiger partial charge in [0.1, 0.15) is 0 Å². The first-order valence-corrected chi connectivity index (χ1v) is 4.29. The minimum absolute atomic E-state index is 0.0544. The van der Waals surface area contributed by atoms with Gasteiger partial charge in [0, 0.05) is 14.2 Å². The fourth-order valence-corrected chi connectivity index (χ4v) is 0.835. The van der Waals surface area contributed by atoms with E-state index in [1.54, 1.807) is 14.2 Å². The van der Waals surface area contributed by atoms with Gasteiger partial charge < -0.3 is 20.5 Å². The lowest BCUT2D eigenvalue weighted by Gasteiger charge is -2.09. The quantitative estimate of drug-likeness (QED) is 0.437. The summed E-state index contributed by atoms with van der Waals surface area (Å²) in [5.41, 5.74) is 0. The number of carbonyl (C=O) groups excluding carboxylic acids is 1. The third-order valence-corrected chi connectivity index (χ3v) is 1.58. The molecule has 0 radical (unpaired) electrons. The minimum atomic E-state index is -0.456. The lowest BCUT2D eigenvalue weighted by atomic mass is 10.2. The Labute approximate surface area is 78.5 Å². The van der Waals surface area contributed by atoms with Crippen molar-refractivity contribution >= 4 is 5.91 Å². The van der Waals surface area contributed by atoms with Crippen molar-refractivity contribution in [1.29, 1.82) is 0 Å². The van der Waals surface area contributed by atoms with Crippen LogP contribution in [0.25, 0.3) is 0 Å². The van der Waals surface area contributed by atoms with Crippen LogP contribution in [-0.2, 0) is 9.53 Å². The van der Waals surface area contributed by atoms with Crippen molar-refractivity contribution in [2.45, 2.75) is 12.5 Å². The second-order valence-corrected chi connectivity index (χ2v) is 2.75. The van der Waals surface area contributed by atoms with E-state index in [4.69, 9.17) is 4.74 Å². The van der Waals surface area contributed by atoms with E-state index in [1.807, 2.05) is 0 Å². The Kier molecular flexibility index (Phi) is 7.57. The van der Waals surface area contributed by atoms with Gasteiger partial charge in [0.25, 0.3) is 0 Å². The zero-order chi connectivity index (χ0) is 10.1. The van der Waals surface area contributed by atoms with Gasteiger partial charge in [-0.05, 0) is 13.0 Å². The van der Waals surface area contributed by atoms with Crippen LogP contribution in [0.15, 0.2) is 0 Å². The van der Waals surface area contributed by atoms with Crippen LogP contribution >= 0.6 is 0 Å². The molecule has 1 unspecified atom stereocenters. The Hall–Kier alpha value is -0.650. The SMILES string of the molecule is CNC(=O)CNCCC(O)COC. The van der Waals surface area contributed by atoms with E-state index >= 15 is 0 Å². The second-order valence-electron chi connectivity index (χ2n) is 2.75. The van der Waals surface area contributed by atoms with Crippen LogP contribution < -0.4 is 10.6 Å². The maximum Gasteiger partial charge on any atom is 0.233 e. The molecule has 1 amide bonds. The van der Waals surface area contributed by atoms with Crippen LogP contribution in [0.3, 0.4) is 0 Å². The number of methoxy groups -OCH3 is 1. The first-order valence-electron chi connectivity index (χ1n) is 4.29. The van der Waals surface area contributed by atoms with Crippen molar-refractivity contribution < 1.29 is 14.6 Å². The summed E-state index contributed by atoms with van der Waals surface area (Å²) in [4.78, 5) is 10.7. The summed E-state index contributed by atoms with van der Waals surface area (Å²) in [5, 5.41) is 14.6. The van der Waals surface area contributed by atoms with Crippen molar-refractivity contribution in [3.05, 3.63) is 0 Å². The monoisotopic (exact) mass is 190 g/mol. The van der Waals surface area contributed by atoms with Gasteiger partial charge in [0.2, 0.25) is 5.91 Å². The Morgan fingerprint density at radius 1 is 1.62 bits per heavy atom. The highest BCUT2D eigenvalue weighted by atomic mass is 16.5. The third kappa shape index (κ3) is 7.70. The summed E-state index contributed by atoms with van der Waals surface area (Å²) in [5.74, 6) is -0.0544. The van der Waals surface area contributed by atoms with E-state index in [-0.39, 0.29) is 12.5 Å². The number of aliphatic hydroxyl groups is 1. The third-order valence-electron chi connectivity index (χ3n) is 1.58. The zero-order valence-corrected chi connectivity index (χ0v) is 8.17. The van der Waals surface area contributed by atoms with Crippen molar-refractivity contribution in [3.8, 4) is 0 Å². The lowest BCUT2D eigenvalue weighted by Crippen LogP contribution is -2.33. The van der Waals surface area contributed by atoms with Gasteiger partial charge in [-0.2, -0.15) is 0 Å². The molecule has 0 heterocycles. The maximum atomic E-state index is 10.7. The average molecular weight is 190 g/mol. The Bertz CT molecular complexity index is 141. The summed E-state index contributed by atoms with van der Waals surface area (Å²) in [6, 6.07) is 0. The van der Waals surface area contributed by atoms with Crippen LogP contribution in [0.1, 0.15) is 6.42 Å². The minimum Gasteiger partial charge on any atom is -0.391 e. The molecule has 0 aliphatic carbocycles. The van der Waals surface area contributed by atoms with Gasteiger partial charge in [-0.3, -0.25) is 4.79 Å². The average Bonchev–Trinajstić information content (AvgIpc) is 2.12. The highest BCUT2D eigenvalue weighted by Gasteiger charge is 2.02. The molecule has 0 fully saturated rings. The Morgan fingerprint density at radius 3 is 2.85 bits per heavy atom. The molecule has 0 aliphatic rings. The molecular weight excluding hydrogens is 172 g/mol. The molecule has 3 N–H and O–H groups in total. The molecule has 0 saturated carbocycles. The van der Waals surface area contributed by atoms with Crippen LogP contribution in [0.2, 0.25) is 0 Å². The lowest BCUT2D eigenvalue weighted by molar-refractivity contribution is -0.119.